The molecule has 0 N–H and O–H groups in total. The van der Waals surface area contributed by atoms with Gasteiger partial charge in [-0.2, -0.15) is 0 Å². The number of ketones is 1. The Morgan fingerprint density at radius 2 is 1.79 bits per heavy atom. The Hall–Kier alpha value is -3.28. The maximum atomic E-state index is 12.8. The van der Waals surface area contributed by atoms with Gasteiger partial charge in [0.25, 0.3) is 0 Å². The van der Waals surface area contributed by atoms with E-state index >= 15 is 0 Å². The van der Waals surface area contributed by atoms with Gasteiger partial charge in [0.2, 0.25) is 11.2 Å². The largest absolute Gasteiger partial charge is 0.451 e. The third-order valence-electron chi connectivity index (χ3n) is 4.92. The molecule has 0 saturated heterocycles. The number of fused-ring (bicyclic) bond motifs is 1. The molecule has 0 radical (unpaired) electrons. The summed E-state index contributed by atoms with van der Waals surface area (Å²) < 4.78 is 7.07. The van der Waals surface area contributed by atoms with Gasteiger partial charge in [-0.05, 0) is 44.9 Å². The summed E-state index contributed by atoms with van der Waals surface area (Å²) in [5.41, 5.74) is 2.33. The molecule has 0 aliphatic rings. The van der Waals surface area contributed by atoms with E-state index in [0.717, 1.165) is 17.7 Å². The summed E-state index contributed by atoms with van der Waals surface area (Å²) in [4.78, 5) is 42.5. The molecule has 0 saturated carbocycles. The second-order valence-electron chi connectivity index (χ2n) is 6.94. The Kier molecular flexibility index (Phi) is 5.92. The van der Waals surface area contributed by atoms with Crippen LogP contribution in [0.5, 0.6) is 0 Å². The van der Waals surface area contributed by atoms with E-state index in [1.807, 2.05) is 32.9 Å². The highest BCUT2D eigenvalue weighted by Crippen LogP contribution is 2.14. The van der Waals surface area contributed by atoms with E-state index in [1.54, 1.807) is 28.8 Å². The van der Waals surface area contributed by atoms with Gasteiger partial charge in [0.1, 0.15) is 11.2 Å². The number of benzene rings is 1. The lowest BCUT2D eigenvalue weighted by molar-refractivity contribution is 0.0317. The highest BCUT2D eigenvalue weighted by atomic mass is 16.5. The zero-order chi connectivity index (χ0) is 21.1. The summed E-state index contributed by atoms with van der Waals surface area (Å²) in [6, 6.07) is 10.6. The fourth-order valence-electron chi connectivity index (χ4n) is 3.16. The molecule has 2 aromatic heterocycles. The zero-order valence-corrected chi connectivity index (χ0v) is 17.1. The minimum atomic E-state index is -1.00. The Bertz CT molecular complexity index is 1130. The fourth-order valence-corrected chi connectivity index (χ4v) is 3.16. The molecule has 0 unspecified atom stereocenters. The number of hydrogen-bond acceptors (Lipinski definition) is 5. The standard InChI is InChI=1S/C23H24N2O4/c1-5-16-8-10-17(11-9-16)20(26)15(4)29-23(28)19-13-25(6-2)22-18(21(19)27)12-7-14(3)24-22/h7-13,15H,5-6H2,1-4H3/t15-/m0/s1. The van der Waals surface area contributed by atoms with Crippen LogP contribution in [0.15, 0.2) is 47.4 Å². The number of rotatable bonds is 6. The molecule has 0 bridgehead atoms. The monoisotopic (exact) mass is 392 g/mol. The molecule has 0 aliphatic carbocycles. The molecule has 6 nitrogen and oxygen atoms in total. The summed E-state index contributed by atoms with van der Waals surface area (Å²) in [7, 11) is 0. The first kappa shape index (κ1) is 20.5. The molecule has 1 aromatic carbocycles. The minimum absolute atomic E-state index is 0.106. The van der Waals surface area contributed by atoms with Gasteiger partial charge in [-0.25, -0.2) is 9.78 Å². The lowest BCUT2D eigenvalue weighted by Crippen LogP contribution is -2.28. The van der Waals surface area contributed by atoms with E-state index < -0.39 is 17.5 Å². The van der Waals surface area contributed by atoms with Crippen LogP contribution in [0.1, 0.15) is 52.7 Å². The maximum absolute atomic E-state index is 12.8. The second-order valence-corrected chi connectivity index (χ2v) is 6.94. The summed E-state index contributed by atoms with van der Waals surface area (Å²) in [6.07, 6.45) is 1.32. The minimum Gasteiger partial charge on any atom is -0.451 e. The SMILES string of the molecule is CCc1ccc(C(=O)[C@H](C)OC(=O)c2cn(CC)c3nc(C)ccc3c2=O)cc1. The Morgan fingerprint density at radius 3 is 2.41 bits per heavy atom. The van der Waals surface area contributed by atoms with Crippen molar-refractivity contribution in [2.75, 3.05) is 0 Å². The van der Waals surface area contributed by atoms with Crippen LogP contribution in [0, 0.1) is 6.92 Å². The predicted molar refractivity (Wildman–Crippen MR) is 111 cm³/mol. The summed E-state index contributed by atoms with van der Waals surface area (Å²) in [5.74, 6) is -1.12. The third kappa shape index (κ3) is 4.11. The zero-order valence-electron chi connectivity index (χ0n) is 17.1. The average Bonchev–Trinajstić information content (AvgIpc) is 2.73. The average molecular weight is 392 g/mol. The smallest absolute Gasteiger partial charge is 0.344 e. The predicted octanol–water partition coefficient (Wildman–Crippen LogP) is 3.72. The number of hydrogen-bond donors (Lipinski definition) is 0. The van der Waals surface area contributed by atoms with Crippen LogP contribution in [0.3, 0.4) is 0 Å². The van der Waals surface area contributed by atoms with E-state index in [-0.39, 0.29) is 11.3 Å². The number of Topliss-reactive ketones (excluding diaryl/α,β-unsaturated/α-hetero) is 1. The van der Waals surface area contributed by atoms with Gasteiger partial charge in [0, 0.05) is 24.0 Å². The van der Waals surface area contributed by atoms with Gasteiger partial charge in [0.15, 0.2) is 6.10 Å². The quantitative estimate of drug-likeness (QED) is 0.472. The topological polar surface area (TPSA) is 78.3 Å². The number of carbonyl (C=O) groups is 2. The van der Waals surface area contributed by atoms with Crippen molar-refractivity contribution in [1.82, 2.24) is 9.55 Å². The Balaban J connectivity index is 1.89. The van der Waals surface area contributed by atoms with Gasteiger partial charge in [-0.1, -0.05) is 31.2 Å². The van der Waals surface area contributed by atoms with E-state index in [1.165, 1.54) is 13.1 Å². The van der Waals surface area contributed by atoms with Crippen molar-refractivity contribution in [1.29, 1.82) is 0 Å². The van der Waals surface area contributed by atoms with Gasteiger partial charge >= 0.3 is 5.97 Å². The third-order valence-corrected chi connectivity index (χ3v) is 4.92. The van der Waals surface area contributed by atoms with Crippen molar-refractivity contribution < 1.29 is 14.3 Å². The summed E-state index contributed by atoms with van der Waals surface area (Å²) in [6.45, 7) is 7.82. The van der Waals surface area contributed by atoms with Crippen LogP contribution in [0.4, 0.5) is 0 Å². The van der Waals surface area contributed by atoms with Crippen molar-refractivity contribution in [3.05, 3.63) is 75.2 Å². The molecule has 0 aliphatic heterocycles. The van der Waals surface area contributed by atoms with Crippen LogP contribution in [-0.2, 0) is 17.7 Å². The van der Waals surface area contributed by atoms with Crippen molar-refractivity contribution in [2.45, 2.75) is 46.8 Å². The van der Waals surface area contributed by atoms with Gasteiger partial charge in [0.05, 0.1) is 5.39 Å². The molecule has 3 aromatic rings. The Morgan fingerprint density at radius 1 is 1.10 bits per heavy atom. The number of ether oxygens (including phenoxy) is 1. The number of aromatic nitrogens is 2. The summed E-state index contributed by atoms with van der Waals surface area (Å²) >= 11 is 0. The highest BCUT2D eigenvalue weighted by molar-refractivity contribution is 6.01. The molecule has 6 heteroatoms. The summed E-state index contributed by atoms with van der Waals surface area (Å²) in [5, 5.41) is 0.348. The lowest BCUT2D eigenvalue weighted by atomic mass is 10.0. The molecule has 2 heterocycles. The first-order valence-electron chi connectivity index (χ1n) is 9.70. The van der Waals surface area contributed by atoms with Crippen LogP contribution in [0.2, 0.25) is 0 Å². The first-order valence-corrected chi connectivity index (χ1v) is 9.70. The van der Waals surface area contributed by atoms with Crippen molar-refractivity contribution >= 4 is 22.8 Å². The van der Waals surface area contributed by atoms with E-state index in [9.17, 15) is 14.4 Å². The maximum Gasteiger partial charge on any atom is 0.344 e. The molecular formula is C23H24N2O4. The number of carbonyl (C=O) groups excluding carboxylic acids is 2. The van der Waals surface area contributed by atoms with Crippen molar-refractivity contribution in [2.24, 2.45) is 0 Å². The molecule has 0 amide bonds. The molecule has 3 rings (SSSR count). The van der Waals surface area contributed by atoms with Crippen LogP contribution in [-0.4, -0.2) is 27.4 Å². The number of aryl methyl sites for hydroxylation is 3. The van der Waals surface area contributed by atoms with E-state index in [0.29, 0.717) is 23.1 Å². The molecule has 1 atom stereocenters. The number of pyridine rings is 2. The number of nitrogens with zero attached hydrogens (tertiary/aromatic N) is 2. The van der Waals surface area contributed by atoms with Crippen molar-refractivity contribution in [3.63, 3.8) is 0 Å². The molecular weight excluding hydrogens is 368 g/mol. The highest BCUT2D eigenvalue weighted by Gasteiger charge is 2.23. The molecule has 150 valence electrons. The van der Waals surface area contributed by atoms with E-state index in [4.69, 9.17) is 4.74 Å². The molecule has 29 heavy (non-hydrogen) atoms. The van der Waals surface area contributed by atoms with Crippen LogP contribution >= 0.6 is 0 Å². The van der Waals surface area contributed by atoms with Crippen LogP contribution < -0.4 is 5.43 Å². The Labute approximate surface area is 169 Å². The van der Waals surface area contributed by atoms with Gasteiger partial charge in [-0.15, -0.1) is 0 Å². The normalized spacial score (nSPS) is 12.0. The first-order chi connectivity index (χ1) is 13.8. The van der Waals surface area contributed by atoms with Crippen LogP contribution in [0.25, 0.3) is 11.0 Å². The van der Waals surface area contributed by atoms with Gasteiger partial charge in [-0.3, -0.25) is 9.59 Å². The fraction of sp³-hybridized carbons (Fsp3) is 0.304. The molecule has 0 spiro atoms. The van der Waals surface area contributed by atoms with Gasteiger partial charge < -0.3 is 9.30 Å². The lowest BCUT2D eigenvalue weighted by Gasteiger charge is -2.14. The number of esters is 1. The second kappa shape index (κ2) is 8.39. The molecule has 0 fully saturated rings. The van der Waals surface area contributed by atoms with E-state index in [2.05, 4.69) is 4.98 Å². The van der Waals surface area contributed by atoms with Crippen molar-refractivity contribution in [3.8, 4) is 0 Å².